The van der Waals surface area contributed by atoms with E-state index in [0.717, 1.165) is 0 Å². The second-order valence-corrected chi connectivity index (χ2v) is 3.00. The number of aryl methyl sites for hydroxylation is 1. The Bertz CT molecular complexity index is 274. The van der Waals surface area contributed by atoms with Gasteiger partial charge in [-0.2, -0.15) is 0 Å². The van der Waals surface area contributed by atoms with Crippen molar-refractivity contribution in [3.63, 3.8) is 0 Å². The molecule has 0 atom stereocenters. The number of carbonyl (C=O) groups excluding carboxylic acids is 1. The highest BCUT2D eigenvalue weighted by atomic mass is 35.5. The van der Waals surface area contributed by atoms with Crippen LogP contribution in [0, 0.1) is 0 Å². The third kappa shape index (κ3) is 1.87. The molecule has 0 saturated heterocycles. The highest BCUT2D eigenvalue weighted by Gasteiger charge is 2.07. The van der Waals surface area contributed by atoms with E-state index in [-0.39, 0.29) is 5.78 Å². The topological polar surface area (TPSA) is 34.0 Å². The van der Waals surface area contributed by atoms with Gasteiger partial charge in [-0.15, -0.1) is 0 Å². The lowest BCUT2D eigenvalue weighted by Crippen LogP contribution is -2.17. The lowest BCUT2D eigenvalue weighted by atomic mass is 10.2. The number of Topliss-reactive ketones (excluding diaryl/α,β-unsaturated/α-hetero) is 1. The summed E-state index contributed by atoms with van der Waals surface area (Å²) in [5, 5.41) is 3.37. The number of rotatable bonds is 3. The van der Waals surface area contributed by atoms with Gasteiger partial charge in [-0.05, 0) is 13.1 Å². The number of likely N-dealkylation sites (N-methyl/N-ethyl adjacent to an activating group) is 1. The number of aromatic nitrogens is 1. The molecule has 1 aromatic rings. The maximum Gasteiger partial charge on any atom is 0.178 e. The van der Waals surface area contributed by atoms with Gasteiger partial charge < -0.3 is 9.88 Å². The summed E-state index contributed by atoms with van der Waals surface area (Å²) in [5.41, 5.74) is 0.650. The van der Waals surface area contributed by atoms with Crippen molar-refractivity contribution in [3.8, 4) is 0 Å². The Balaban J connectivity index is 2.82. The summed E-state index contributed by atoms with van der Waals surface area (Å²) in [6, 6.07) is 1.67. The Morgan fingerprint density at radius 1 is 1.75 bits per heavy atom. The smallest absolute Gasteiger partial charge is 0.178 e. The molecule has 66 valence electrons. The van der Waals surface area contributed by atoms with Crippen LogP contribution in [0.1, 0.15) is 10.4 Å². The first kappa shape index (κ1) is 9.29. The molecule has 1 heterocycles. The van der Waals surface area contributed by atoms with Gasteiger partial charge in [-0.3, -0.25) is 4.79 Å². The molecule has 0 aliphatic carbocycles. The predicted octanol–water partition coefficient (Wildman–Crippen LogP) is 1.08. The molecule has 0 spiro atoms. The molecule has 0 amide bonds. The van der Waals surface area contributed by atoms with Gasteiger partial charge in [0, 0.05) is 18.8 Å². The van der Waals surface area contributed by atoms with Crippen LogP contribution in [0.25, 0.3) is 0 Å². The summed E-state index contributed by atoms with van der Waals surface area (Å²) in [6.45, 7) is 0.348. The molecule has 12 heavy (non-hydrogen) atoms. The molecule has 4 heteroatoms. The highest BCUT2D eigenvalue weighted by molar-refractivity contribution is 6.30. The number of hydrogen-bond acceptors (Lipinski definition) is 2. The third-order valence-electron chi connectivity index (χ3n) is 1.60. The van der Waals surface area contributed by atoms with E-state index in [9.17, 15) is 4.79 Å². The van der Waals surface area contributed by atoms with Crippen molar-refractivity contribution < 1.29 is 4.79 Å². The van der Waals surface area contributed by atoms with Gasteiger partial charge in [0.05, 0.1) is 6.54 Å². The van der Waals surface area contributed by atoms with E-state index in [1.165, 1.54) is 0 Å². The zero-order valence-electron chi connectivity index (χ0n) is 7.10. The van der Waals surface area contributed by atoms with E-state index in [0.29, 0.717) is 17.3 Å². The average molecular weight is 187 g/mol. The van der Waals surface area contributed by atoms with Crippen LogP contribution in [0.15, 0.2) is 12.3 Å². The van der Waals surface area contributed by atoms with Gasteiger partial charge in [0.25, 0.3) is 0 Å². The summed E-state index contributed by atoms with van der Waals surface area (Å²) in [7, 11) is 3.54. The van der Waals surface area contributed by atoms with Crippen molar-refractivity contribution in [2.45, 2.75) is 0 Å². The van der Waals surface area contributed by atoms with Crippen LogP contribution in [0.4, 0.5) is 0 Å². The number of carbonyl (C=O) groups is 1. The summed E-state index contributed by atoms with van der Waals surface area (Å²) in [6.07, 6.45) is 1.72. The third-order valence-corrected chi connectivity index (χ3v) is 1.98. The molecule has 1 aromatic heterocycles. The largest absolute Gasteiger partial charge is 0.341 e. The van der Waals surface area contributed by atoms with E-state index >= 15 is 0 Å². The van der Waals surface area contributed by atoms with Crippen molar-refractivity contribution >= 4 is 17.4 Å². The van der Waals surface area contributed by atoms with Gasteiger partial charge in [0.1, 0.15) is 5.15 Å². The van der Waals surface area contributed by atoms with Crippen LogP contribution in [0.3, 0.4) is 0 Å². The normalized spacial score (nSPS) is 10.2. The van der Waals surface area contributed by atoms with Crippen molar-refractivity contribution in [1.82, 2.24) is 9.88 Å². The number of ketones is 1. The van der Waals surface area contributed by atoms with Crippen molar-refractivity contribution in [1.29, 1.82) is 0 Å². The Morgan fingerprint density at radius 2 is 2.42 bits per heavy atom. The second-order valence-electron chi connectivity index (χ2n) is 2.62. The summed E-state index contributed by atoms with van der Waals surface area (Å²) in [5.74, 6) is 0.0556. The second kappa shape index (κ2) is 3.74. The molecule has 1 N–H and O–H groups in total. The van der Waals surface area contributed by atoms with Crippen molar-refractivity contribution in [3.05, 3.63) is 23.0 Å². The molecule has 0 aliphatic rings. The molecule has 0 bridgehead atoms. The Labute approximate surface area is 76.3 Å². The molecule has 0 saturated carbocycles. The first-order valence-corrected chi connectivity index (χ1v) is 4.02. The Morgan fingerprint density at radius 3 is 2.83 bits per heavy atom. The fourth-order valence-corrected chi connectivity index (χ4v) is 1.12. The van der Waals surface area contributed by atoms with Crippen LogP contribution in [0.5, 0.6) is 0 Å². The van der Waals surface area contributed by atoms with Gasteiger partial charge in [0.2, 0.25) is 0 Å². The summed E-state index contributed by atoms with van der Waals surface area (Å²) >= 11 is 5.76. The quantitative estimate of drug-likeness (QED) is 0.717. The van der Waals surface area contributed by atoms with Crippen LogP contribution in [-0.2, 0) is 7.05 Å². The number of nitrogens with one attached hydrogen (secondary N) is 1. The maximum atomic E-state index is 11.3. The molecule has 1 rings (SSSR count). The molecule has 0 aromatic carbocycles. The van der Waals surface area contributed by atoms with Crippen LogP contribution in [-0.4, -0.2) is 23.9 Å². The highest BCUT2D eigenvalue weighted by Crippen LogP contribution is 2.12. The minimum absolute atomic E-state index is 0.0556. The van der Waals surface area contributed by atoms with E-state index in [2.05, 4.69) is 5.32 Å². The lowest BCUT2D eigenvalue weighted by molar-refractivity contribution is 0.0993. The molecule has 0 fully saturated rings. The summed E-state index contributed by atoms with van der Waals surface area (Å²) in [4.78, 5) is 11.3. The fourth-order valence-electron chi connectivity index (χ4n) is 0.953. The average Bonchev–Trinajstić information content (AvgIpc) is 2.33. The van der Waals surface area contributed by atoms with Gasteiger partial charge in [-0.1, -0.05) is 11.6 Å². The van der Waals surface area contributed by atoms with Crippen LogP contribution in [0.2, 0.25) is 5.15 Å². The number of nitrogens with zero attached hydrogens (tertiary/aromatic N) is 1. The first-order valence-electron chi connectivity index (χ1n) is 3.65. The molecule has 0 aliphatic heterocycles. The fraction of sp³-hybridized carbons (Fsp3) is 0.375. The van der Waals surface area contributed by atoms with E-state index in [4.69, 9.17) is 11.6 Å². The Kier molecular flexibility index (Phi) is 2.89. The SMILES string of the molecule is CNCC(=O)c1cc(Cl)n(C)c1. The maximum absolute atomic E-state index is 11.3. The van der Waals surface area contributed by atoms with Gasteiger partial charge in [-0.25, -0.2) is 0 Å². The van der Waals surface area contributed by atoms with Crippen molar-refractivity contribution in [2.75, 3.05) is 13.6 Å². The molecular weight excluding hydrogens is 176 g/mol. The van der Waals surface area contributed by atoms with Gasteiger partial charge >= 0.3 is 0 Å². The van der Waals surface area contributed by atoms with E-state index < -0.39 is 0 Å². The number of halogens is 1. The van der Waals surface area contributed by atoms with Crippen molar-refractivity contribution in [2.24, 2.45) is 7.05 Å². The van der Waals surface area contributed by atoms with E-state index in [1.54, 1.807) is 30.9 Å². The molecular formula is C8H11ClN2O. The monoisotopic (exact) mass is 186 g/mol. The predicted molar refractivity (Wildman–Crippen MR) is 48.7 cm³/mol. The lowest BCUT2D eigenvalue weighted by Gasteiger charge is -1.93. The minimum Gasteiger partial charge on any atom is -0.341 e. The Hall–Kier alpha value is -0.800. The van der Waals surface area contributed by atoms with Crippen LogP contribution < -0.4 is 5.32 Å². The van der Waals surface area contributed by atoms with Crippen LogP contribution >= 0.6 is 11.6 Å². The summed E-state index contributed by atoms with van der Waals surface area (Å²) < 4.78 is 1.71. The van der Waals surface area contributed by atoms with Gasteiger partial charge in [0.15, 0.2) is 5.78 Å². The first-order chi connectivity index (χ1) is 5.65. The minimum atomic E-state index is 0.0556. The standard InChI is InChI=1S/C8H11ClN2O/c1-10-4-7(12)6-3-8(9)11(2)5-6/h3,5,10H,4H2,1-2H3. The number of hydrogen-bond donors (Lipinski definition) is 1. The van der Waals surface area contributed by atoms with E-state index in [1.807, 2.05) is 0 Å². The zero-order valence-corrected chi connectivity index (χ0v) is 7.85. The molecule has 0 radical (unpaired) electrons. The molecule has 3 nitrogen and oxygen atoms in total. The zero-order chi connectivity index (χ0) is 9.14. The molecule has 0 unspecified atom stereocenters.